The standard InChI is InChI=1S/C10H16O4.C7H10O4/c1-3-5-7(9(11)12)8(6-4-2)10(13)14;1-2-5-11-7(10)4-3-6(8)9/h3-6H2,1-2H3,(H,11,12)(H,13,14);3-4H,2,5H2,1H3,(H,8,9)/b8-7-;4-3-. The van der Waals surface area contributed by atoms with Gasteiger partial charge in [0, 0.05) is 23.3 Å². The Balaban J connectivity index is 0. The number of aliphatic carboxylic acids is 3. The average Bonchev–Trinajstić information content (AvgIpc) is 2.54. The van der Waals surface area contributed by atoms with E-state index in [0.717, 1.165) is 18.6 Å². The number of ether oxygens (including phenoxy) is 1. The summed E-state index contributed by atoms with van der Waals surface area (Å²) in [5.74, 6) is -4.00. The van der Waals surface area contributed by atoms with Crippen molar-refractivity contribution >= 4 is 23.9 Å². The molecule has 0 aliphatic rings. The molecule has 25 heavy (non-hydrogen) atoms. The molecule has 0 aliphatic heterocycles. The summed E-state index contributed by atoms with van der Waals surface area (Å²) in [5, 5.41) is 25.8. The van der Waals surface area contributed by atoms with Crippen LogP contribution < -0.4 is 0 Å². The van der Waals surface area contributed by atoms with Gasteiger partial charge in [-0.25, -0.2) is 19.2 Å². The fourth-order valence-corrected chi connectivity index (χ4v) is 1.66. The Bertz CT molecular complexity index is 491. The van der Waals surface area contributed by atoms with Crippen LogP contribution in [-0.2, 0) is 23.9 Å². The van der Waals surface area contributed by atoms with E-state index in [1.807, 2.05) is 20.8 Å². The van der Waals surface area contributed by atoms with Crippen LogP contribution in [0, 0.1) is 0 Å². The molecule has 8 heteroatoms. The van der Waals surface area contributed by atoms with Gasteiger partial charge in [-0.1, -0.05) is 33.6 Å². The summed E-state index contributed by atoms with van der Waals surface area (Å²) in [6.07, 6.45) is 4.28. The van der Waals surface area contributed by atoms with Gasteiger partial charge in [-0.05, 0) is 19.3 Å². The molecule has 0 aliphatic carbocycles. The lowest BCUT2D eigenvalue weighted by Crippen LogP contribution is -2.11. The maximum atomic E-state index is 10.8. The predicted octanol–water partition coefficient (Wildman–Crippen LogP) is 2.63. The van der Waals surface area contributed by atoms with Crippen molar-refractivity contribution in [1.82, 2.24) is 0 Å². The fourth-order valence-electron chi connectivity index (χ4n) is 1.66. The summed E-state index contributed by atoms with van der Waals surface area (Å²) in [7, 11) is 0. The SMILES string of the molecule is CCC/C(C(=O)O)=C(\CCC)C(=O)O.CCCOC(=O)/C=C\C(=O)O. The van der Waals surface area contributed by atoms with Gasteiger partial charge >= 0.3 is 23.9 Å². The summed E-state index contributed by atoms with van der Waals surface area (Å²) < 4.78 is 4.55. The van der Waals surface area contributed by atoms with Gasteiger partial charge in [-0.15, -0.1) is 0 Å². The van der Waals surface area contributed by atoms with Crippen LogP contribution in [0.25, 0.3) is 0 Å². The molecule has 142 valence electrons. The van der Waals surface area contributed by atoms with Crippen LogP contribution in [-0.4, -0.2) is 45.8 Å². The molecule has 0 fully saturated rings. The number of hydrogen-bond acceptors (Lipinski definition) is 5. The summed E-state index contributed by atoms with van der Waals surface area (Å²) in [6, 6.07) is 0. The lowest BCUT2D eigenvalue weighted by molar-refractivity contribution is -0.138. The summed E-state index contributed by atoms with van der Waals surface area (Å²) in [4.78, 5) is 42.0. The lowest BCUT2D eigenvalue weighted by Gasteiger charge is -2.06. The highest BCUT2D eigenvalue weighted by Crippen LogP contribution is 2.16. The number of carbonyl (C=O) groups is 4. The topological polar surface area (TPSA) is 138 Å². The van der Waals surface area contributed by atoms with E-state index in [4.69, 9.17) is 15.3 Å². The monoisotopic (exact) mass is 358 g/mol. The molecule has 0 amide bonds. The molecule has 0 spiro atoms. The molecule has 0 unspecified atom stereocenters. The zero-order chi connectivity index (χ0) is 19.8. The third-order valence-electron chi connectivity index (χ3n) is 2.69. The average molecular weight is 358 g/mol. The zero-order valence-electron chi connectivity index (χ0n) is 14.8. The van der Waals surface area contributed by atoms with Crippen molar-refractivity contribution in [3.63, 3.8) is 0 Å². The minimum Gasteiger partial charge on any atom is -0.478 e. The number of rotatable bonds is 10. The number of esters is 1. The summed E-state index contributed by atoms with van der Waals surface area (Å²) in [6.45, 7) is 5.83. The first-order chi connectivity index (χ1) is 11.7. The van der Waals surface area contributed by atoms with Gasteiger partial charge in [0.15, 0.2) is 0 Å². The molecule has 0 atom stereocenters. The van der Waals surface area contributed by atoms with Crippen molar-refractivity contribution in [3.8, 4) is 0 Å². The van der Waals surface area contributed by atoms with Crippen molar-refractivity contribution in [2.45, 2.75) is 52.9 Å². The van der Waals surface area contributed by atoms with Gasteiger partial charge in [-0.3, -0.25) is 0 Å². The Hall–Kier alpha value is -2.64. The van der Waals surface area contributed by atoms with E-state index in [0.29, 0.717) is 32.3 Å². The fraction of sp³-hybridized carbons (Fsp3) is 0.529. The molecule has 0 aromatic carbocycles. The highest BCUT2D eigenvalue weighted by molar-refractivity contribution is 5.98. The largest absolute Gasteiger partial charge is 0.478 e. The van der Waals surface area contributed by atoms with E-state index < -0.39 is 23.9 Å². The maximum Gasteiger partial charge on any atom is 0.332 e. The van der Waals surface area contributed by atoms with E-state index in [2.05, 4.69) is 4.74 Å². The van der Waals surface area contributed by atoms with Gasteiger partial charge in [0.05, 0.1) is 6.61 Å². The second kappa shape index (κ2) is 14.9. The Labute approximate surface area is 146 Å². The normalized spacial score (nSPS) is 11.2. The molecule has 0 heterocycles. The second-order valence-electron chi connectivity index (χ2n) is 4.91. The van der Waals surface area contributed by atoms with Crippen molar-refractivity contribution in [2.75, 3.05) is 6.61 Å². The van der Waals surface area contributed by atoms with E-state index in [9.17, 15) is 19.2 Å². The molecule has 0 rings (SSSR count). The molecule has 0 aromatic rings. The molecular formula is C17H26O8. The molecule has 0 saturated carbocycles. The van der Waals surface area contributed by atoms with Crippen LogP contribution in [0.4, 0.5) is 0 Å². The minimum atomic E-state index is -1.15. The van der Waals surface area contributed by atoms with Gasteiger partial charge in [-0.2, -0.15) is 0 Å². The van der Waals surface area contributed by atoms with Crippen LogP contribution in [0.1, 0.15) is 52.9 Å². The highest BCUT2D eigenvalue weighted by Gasteiger charge is 2.18. The summed E-state index contributed by atoms with van der Waals surface area (Å²) in [5.41, 5.74) is 0.0868. The molecule has 8 nitrogen and oxygen atoms in total. The first-order valence-electron chi connectivity index (χ1n) is 7.97. The lowest BCUT2D eigenvalue weighted by atomic mass is 10.00. The first-order valence-corrected chi connectivity index (χ1v) is 7.97. The second-order valence-corrected chi connectivity index (χ2v) is 4.91. The van der Waals surface area contributed by atoms with E-state index in [1.165, 1.54) is 0 Å². The maximum absolute atomic E-state index is 10.8. The molecule has 0 aromatic heterocycles. The van der Waals surface area contributed by atoms with Crippen LogP contribution in [0.15, 0.2) is 23.3 Å². The van der Waals surface area contributed by atoms with E-state index in [1.54, 1.807) is 0 Å². The van der Waals surface area contributed by atoms with E-state index >= 15 is 0 Å². The number of hydrogen-bond donors (Lipinski definition) is 3. The van der Waals surface area contributed by atoms with Crippen molar-refractivity contribution in [3.05, 3.63) is 23.3 Å². The molecule has 0 saturated heterocycles. The number of carboxylic acids is 3. The van der Waals surface area contributed by atoms with Crippen LogP contribution in [0.2, 0.25) is 0 Å². The van der Waals surface area contributed by atoms with Gasteiger partial charge in [0.1, 0.15) is 0 Å². The van der Waals surface area contributed by atoms with Gasteiger partial charge < -0.3 is 20.1 Å². The van der Waals surface area contributed by atoms with Gasteiger partial charge in [0.2, 0.25) is 0 Å². The molecular weight excluding hydrogens is 332 g/mol. The van der Waals surface area contributed by atoms with Crippen molar-refractivity contribution in [1.29, 1.82) is 0 Å². The Morgan fingerprint density at radius 1 is 0.760 bits per heavy atom. The summed E-state index contributed by atoms with van der Waals surface area (Å²) >= 11 is 0. The van der Waals surface area contributed by atoms with Crippen molar-refractivity contribution in [2.24, 2.45) is 0 Å². The van der Waals surface area contributed by atoms with Crippen molar-refractivity contribution < 1.29 is 39.2 Å². The van der Waals surface area contributed by atoms with E-state index in [-0.39, 0.29) is 11.1 Å². The number of carboxylic acid groups (broad SMARTS) is 3. The Morgan fingerprint density at radius 2 is 1.20 bits per heavy atom. The van der Waals surface area contributed by atoms with Crippen LogP contribution in [0.5, 0.6) is 0 Å². The highest BCUT2D eigenvalue weighted by atomic mass is 16.5. The first kappa shape index (κ1) is 24.6. The minimum absolute atomic E-state index is 0.0434. The quantitative estimate of drug-likeness (QED) is 0.400. The molecule has 0 bridgehead atoms. The number of carbonyl (C=O) groups excluding carboxylic acids is 1. The predicted molar refractivity (Wildman–Crippen MR) is 90.1 cm³/mol. The zero-order valence-corrected chi connectivity index (χ0v) is 14.8. The molecule has 3 N–H and O–H groups in total. The third kappa shape index (κ3) is 13.5. The van der Waals surface area contributed by atoms with Crippen LogP contribution >= 0.6 is 0 Å². The molecule has 0 radical (unpaired) electrons. The Kier molecular flexibility index (Phi) is 14.7. The smallest absolute Gasteiger partial charge is 0.332 e. The Morgan fingerprint density at radius 3 is 1.48 bits per heavy atom. The van der Waals surface area contributed by atoms with Crippen LogP contribution in [0.3, 0.4) is 0 Å². The van der Waals surface area contributed by atoms with Gasteiger partial charge in [0.25, 0.3) is 0 Å². The third-order valence-corrected chi connectivity index (χ3v) is 2.69.